The van der Waals surface area contributed by atoms with Crippen LogP contribution in [0.15, 0.2) is 65.6 Å². The zero-order chi connectivity index (χ0) is 19.9. The lowest BCUT2D eigenvalue weighted by Crippen LogP contribution is -2.15. The minimum absolute atomic E-state index is 0.0903. The highest BCUT2D eigenvalue weighted by molar-refractivity contribution is 7.92. The monoisotopic (exact) mass is 398 g/mol. The number of carbonyl (C=O) groups is 1. The van der Waals surface area contributed by atoms with E-state index < -0.39 is 21.7 Å². The van der Waals surface area contributed by atoms with E-state index >= 15 is 0 Å². The first-order chi connectivity index (χ1) is 13.3. The Bertz CT molecular complexity index is 1190. The number of anilines is 2. The van der Waals surface area contributed by atoms with E-state index in [0.29, 0.717) is 17.2 Å². The van der Waals surface area contributed by atoms with E-state index in [1.807, 2.05) is 13.0 Å². The summed E-state index contributed by atoms with van der Waals surface area (Å²) < 4.78 is 46.2. The molecule has 6 nitrogen and oxygen atoms in total. The number of hydrogen-bond donors (Lipinski definition) is 2. The Hall–Kier alpha value is -3.39. The molecule has 142 valence electrons. The van der Waals surface area contributed by atoms with E-state index in [2.05, 4.69) is 10.0 Å². The Morgan fingerprint density at radius 1 is 0.964 bits per heavy atom. The Balaban J connectivity index is 1.66. The van der Waals surface area contributed by atoms with Crippen LogP contribution < -0.4 is 14.8 Å². The minimum atomic E-state index is -3.93. The predicted octanol–water partition coefficient (Wildman–Crippen LogP) is 4.29. The molecule has 3 aromatic carbocycles. The maximum Gasteiger partial charge on any atom is 0.261 e. The van der Waals surface area contributed by atoms with Gasteiger partial charge in [0.25, 0.3) is 15.9 Å². The van der Waals surface area contributed by atoms with E-state index in [9.17, 15) is 17.6 Å². The topological polar surface area (TPSA) is 84.5 Å². The molecule has 1 aliphatic rings. The molecule has 2 N–H and O–H groups in total. The highest BCUT2D eigenvalue weighted by Crippen LogP contribution is 2.37. The van der Waals surface area contributed by atoms with Crippen LogP contribution in [0.4, 0.5) is 15.8 Å². The number of hydrogen-bond acceptors (Lipinski definition) is 4. The zero-order valence-corrected chi connectivity index (χ0v) is 15.5. The maximum atomic E-state index is 13.0. The summed E-state index contributed by atoms with van der Waals surface area (Å²) in [7, 11) is -3.93. The fraction of sp³-hybridized carbons (Fsp3) is 0.0500. The molecule has 0 saturated carbocycles. The smallest absolute Gasteiger partial charge is 0.261 e. The number of benzene rings is 3. The summed E-state index contributed by atoms with van der Waals surface area (Å²) in [5.74, 6) is -0.142. The van der Waals surface area contributed by atoms with Crippen molar-refractivity contribution in [2.24, 2.45) is 0 Å². The number of sulfonamides is 1. The lowest BCUT2D eigenvalue weighted by atomic mass is 10.1. The average molecular weight is 398 g/mol. The lowest BCUT2D eigenvalue weighted by Gasteiger charge is -2.11. The van der Waals surface area contributed by atoms with Gasteiger partial charge >= 0.3 is 0 Å². The van der Waals surface area contributed by atoms with Gasteiger partial charge in [0, 0.05) is 5.69 Å². The van der Waals surface area contributed by atoms with E-state index in [1.54, 1.807) is 12.1 Å². The van der Waals surface area contributed by atoms with Crippen LogP contribution in [0.25, 0.3) is 0 Å². The van der Waals surface area contributed by atoms with Gasteiger partial charge in [-0.05, 0) is 67.1 Å². The molecule has 4 rings (SSSR count). The number of amides is 1. The van der Waals surface area contributed by atoms with Gasteiger partial charge in [-0.3, -0.25) is 9.52 Å². The average Bonchev–Trinajstić information content (AvgIpc) is 2.77. The lowest BCUT2D eigenvalue weighted by molar-refractivity contribution is 0.102. The van der Waals surface area contributed by atoms with Crippen molar-refractivity contribution in [1.82, 2.24) is 0 Å². The third-order valence-electron chi connectivity index (χ3n) is 4.20. The van der Waals surface area contributed by atoms with Gasteiger partial charge in [0.2, 0.25) is 0 Å². The van der Waals surface area contributed by atoms with Crippen LogP contribution in [0.2, 0.25) is 0 Å². The summed E-state index contributed by atoms with van der Waals surface area (Å²) >= 11 is 0. The minimum Gasteiger partial charge on any atom is -0.454 e. The summed E-state index contributed by atoms with van der Waals surface area (Å²) in [6, 6.07) is 14.3. The van der Waals surface area contributed by atoms with E-state index in [1.165, 1.54) is 18.2 Å². The molecular formula is C20H15FN2O4S. The normalized spacial score (nSPS) is 12.9. The SMILES string of the molecule is Cc1ccc2c(c1)NC(=O)c1cc(NS(=O)(=O)c3ccc(F)cc3)ccc1O2. The molecule has 1 aliphatic heterocycles. The Labute approximate surface area is 161 Å². The summed E-state index contributed by atoms with van der Waals surface area (Å²) in [6.07, 6.45) is 0. The highest BCUT2D eigenvalue weighted by Gasteiger charge is 2.22. The second-order valence-corrected chi connectivity index (χ2v) is 8.01. The van der Waals surface area contributed by atoms with Crippen molar-refractivity contribution in [3.8, 4) is 11.5 Å². The van der Waals surface area contributed by atoms with Crippen molar-refractivity contribution >= 4 is 27.3 Å². The summed E-state index contributed by atoms with van der Waals surface area (Å²) in [5.41, 5.74) is 1.87. The van der Waals surface area contributed by atoms with Crippen LogP contribution >= 0.6 is 0 Å². The van der Waals surface area contributed by atoms with Crippen molar-refractivity contribution in [2.45, 2.75) is 11.8 Å². The van der Waals surface area contributed by atoms with Crippen molar-refractivity contribution in [3.05, 3.63) is 77.6 Å². The van der Waals surface area contributed by atoms with Crippen LogP contribution in [0, 0.1) is 12.7 Å². The van der Waals surface area contributed by atoms with Gasteiger partial charge in [0.15, 0.2) is 5.75 Å². The fourth-order valence-corrected chi connectivity index (χ4v) is 3.88. The van der Waals surface area contributed by atoms with Crippen molar-refractivity contribution in [2.75, 3.05) is 10.0 Å². The molecule has 1 amide bonds. The number of ether oxygens (including phenoxy) is 1. The first-order valence-electron chi connectivity index (χ1n) is 8.34. The molecule has 0 fully saturated rings. The van der Waals surface area contributed by atoms with Gasteiger partial charge in [-0.15, -0.1) is 0 Å². The molecule has 3 aromatic rings. The van der Waals surface area contributed by atoms with E-state index in [0.717, 1.165) is 29.8 Å². The third kappa shape index (κ3) is 3.41. The van der Waals surface area contributed by atoms with Crippen molar-refractivity contribution in [3.63, 3.8) is 0 Å². The molecule has 28 heavy (non-hydrogen) atoms. The molecule has 0 bridgehead atoms. The number of halogens is 1. The van der Waals surface area contributed by atoms with E-state index in [4.69, 9.17) is 4.74 Å². The molecule has 0 atom stereocenters. The number of carbonyl (C=O) groups excluding carboxylic acids is 1. The molecule has 0 radical (unpaired) electrons. The van der Waals surface area contributed by atoms with E-state index in [-0.39, 0.29) is 16.1 Å². The van der Waals surface area contributed by atoms with Crippen molar-refractivity contribution in [1.29, 1.82) is 0 Å². The predicted molar refractivity (Wildman–Crippen MR) is 103 cm³/mol. The summed E-state index contributed by atoms with van der Waals surface area (Å²) in [6.45, 7) is 1.90. The fourth-order valence-electron chi connectivity index (χ4n) is 2.83. The number of fused-ring (bicyclic) bond motifs is 2. The van der Waals surface area contributed by atoms with Gasteiger partial charge < -0.3 is 10.1 Å². The largest absolute Gasteiger partial charge is 0.454 e. The third-order valence-corrected chi connectivity index (χ3v) is 5.60. The Kier molecular flexibility index (Phi) is 4.27. The van der Waals surface area contributed by atoms with Gasteiger partial charge in [-0.2, -0.15) is 0 Å². The Morgan fingerprint density at radius 3 is 2.43 bits per heavy atom. The highest BCUT2D eigenvalue weighted by atomic mass is 32.2. The summed E-state index contributed by atoms with van der Waals surface area (Å²) in [5, 5.41) is 2.76. The van der Waals surface area contributed by atoms with Gasteiger partial charge in [0.05, 0.1) is 16.1 Å². The van der Waals surface area contributed by atoms with Crippen LogP contribution in [0.3, 0.4) is 0 Å². The first-order valence-corrected chi connectivity index (χ1v) is 9.82. The second kappa shape index (κ2) is 6.65. The molecule has 0 aliphatic carbocycles. The van der Waals surface area contributed by atoms with Crippen LogP contribution in [-0.2, 0) is 10.0 Å². The molecule has 0 saturated heterocycles. The van der Waals surface area contributed by atoms with Crippen molar-refractivity contribution < 1.29 is 22.3 Å². The standard InChI is InChI=1S/C20H15FN2O4S/c1-12-2-8-19-17(10-12)22-20(24)16-11-14(5-9-18(16)27-19)23-28(25,26)15-6-3-13(21)4-7-15/h2-11,23H,1H3,(H,22,24). The summed E-state index contributed by atoms with van der Waals surface area (Å²) in [4.78, 5) is 12.5. The maximum absolute atomic E-state index is 13.0. The molecule has 0 aromatic heterocycles. The molecular weight excluding hydrogens is 383 g/mol. The molecule has 1 heterocycles. The Morgan fingerprint density at radius 2 is 1.68 bits per heavy atom. The molecule has 0 spiro atoms. The van der Waals surface area contributed by atoms with Crippen LogP contribution in [-0.4, -0.2) is 14.3 Å². The quantitative estimate of drug-likeness (QED) is 0.689. The first kappa shape index (κ1) is 18.0. The van der Waals surface area contributed by atoms with Crippen LogP contribution in [0.1, 0.15) is 15.9 Å². The molecule has 0 unspecified atom stereocenters. The van der Waals surface area contributed by atoms with Gasteiger partial charge in [0.1, 0.15) is 11.6 Å². The zero-order valence-electron chi connectivity index (χ0n) is 14.7. The van der Waals surface area contributed by atoms with Crippen LogP contribution in [0.5, 0.6) is 11.5 Å². The van der Waals surface area contributed by atoms with Gasteiger partial charge in [-0.25, -0.2) is 12.8 Å². The number of rotatable bonds is 3. The second-order valence-electron chi connectivity index (χ2n) is 6.33. The molecule has 8 heteroatoms. The number of aryl methyl sites for hydroxylation is 1. The number of nitrogens with one attached hydrogen (secondary N) is 2. The van der Waals surface area contributed by atoms with Gasteiger partial charge in [-0.1, -0.05) is 6.07 Å².